The number of hydrogen-bond donors (Lipinski definition) is 0. The lowest BCUT2D eigenvalue weighted by Gasteiger charge is -2.24. The number of likely N-dealkylation sites (tertiary alicyclic amines) is 1. The summed E-state index contributed by atoms with van der Waals surface area (Å²) in [6.07, 6.45) is 8.26. The van der Waals surface area contributed by atoms with Crippen LogP contribution in [0, 0.1) is 0 Å². The van der Waals surface area contributed by atoms with Gasteiger partial charge in [0.1, 0.15) is 0 Å². The van der Waals surface area contributed by atoms with Crippen LogP contribution >= 0.6 is 0 Å². The molecule has 3 nitrogen and oxygen atoms in total. The number of hydrogen-bond acceptors (Lipinski definition) is 2. The number of benzene rings is 2. The van der Waals surface area contributed by atoms with Gasteiger partial charge in [-0.1, -0.05) is 36.4 Å². The van der Waals surface area contributed by atoms with Crippen LogP contribution in [0.3, 0.4) is 0 Å². The van der Waals surface area contributed by atoms with Crippen LogP contribution in [0.4, 0.5) is 0 Å². The minimum Gasteiger partial charge on any atom is -0.306 e. The van der Waals surface area contributed by atoms with Gasteiger partial charge in [-0.3, -0.25) is 4.90 Å². The first-order valence-corrected chi connectivity index (χ1v) is 8.74. The maximum Gasteiger partial charge on any atom is 0.0991 e. The Balaban J connectivity index is 1.52. The first-order valence-electron chi connectivity index (χ1n) is 8.74. The molecule has 0 spiro atoms. The van der Waals surface area contributed by atoms with Crippen LogP contribution in [0.5, 0.6) is 0 Å². The van der Waals surface area contributed by atoms with Gasteiger partial charge in [0.25, 0.3) is 0 Å². The van der Waals surface area contributed by atoms with Gasteiger partial charge in [-0.2, -0.15) is 0 Å². The minimum atomic E-state index is 0.519. The van der Waals surface area contributed by atoms with Gasteiger partial charge in [0.05, 0.1) is 6.33 Å². The van der Waals surface area contributed by atoms with E-state index in [1.807, 2.05) is 17.1 Å². The highest BCUT2D eigenvalue weighted by Gasteiger charge is 2.19. The van der Waals surface area contributed by atoms with E-state index in [0.717, 1.165) is 5.69 Å². The topological polar surface area (TPSA) is 21.1 Å². The van der Waals surface area contributed by atoms with Gasteiger partial charge in [-0.25, -0.2) is 4.98 Å². The molecule has 1 fully saturated rings. The highest BCUT2D eigenvalue weighted by atomic mass is 15.2. The van der Waals surface area contributed by atoms with Crippen LogP contribution < -0.4 is 0 Å². The summed E-state index contributed by atoms with van der Waals surface area (Å²) in [7, 11) is 0. The van der Waals surface area contributed by atoms with E-state index in [0.29, 0.717) is 6.04 Å². The fourth-order valence-corrected chi connectivity index (χ4v) is 3.53. The van der Waals surface area contributed by atoms with Crippen molar-refractivity contribution in [2.45, 2.75) is 25.8 Å². The van der Waals surface area contributed by atoms with Gasteiger partial charge in [0, 0.05) is 24.1 Å². The average Bonchev–Trinajstić information content (AvgIpc) is 3.35. The van der Waals surface area contributed by atoms with Crippen molar-refractivity contribution in [3.63, 3.8) is 0 Å². The van der Waals surface area contributed by atoms with Crippen molar-refractivity contribution < 1.29 is 0 Å². The van der Waals surface area contributed by atoms with Crippen LogP contribution in [0.2, 0.25) is 0 Å². The maximum atomic E-state index is 4.10. The van der Waals surface area contributed by atoms with E-state index in [-0.39, 0.29) is 0 Å². The van der Waals surface area contributed by atoms with E-state index in [2.05, 4.69) is 65.3 Å². The van der Waals surface area contributed by atoms with E-state index in [9.17, 15) is 0 Å². The molecular weight excluding hydrogens is 294 g/mol. The summed E-state index contributed by atoms with van der Waals surface area (Å²) in [6, 6.07) is 18.2. The van der Waals surface area contributed by atoms with Crippen LogP contribution in [0.25, 0.3) is 16.8 Å². The standard InChI is InChI=1S/C21H23N3/c1-17(23-13-2-3-14-23)18-4-6-19(7-5-18)20-8-10-21(11-9-20)24-15-12-22-16-24/h4-12,15-17H,2-3,13-14H2,1H3. The fourth-order valence-electron chi connectivity index (χ4n) is 3.53. The van der Waals surface area contributed by atoms with Gasteiger partial charge in [-0.15, -0.1) is 0 Å². The number of aromatic nitrogens is 2. The van der Waals surface area contributed by atoms with Gasteiger partial charge >= 0.3 is 0 Å². The third kappa shape index (κ3) is 3.00. The van der Waals surface area contributed by atoms with Gasteiger partial charge in [0.15, 0.2) is 0 Å². The van der Waals surface area contributed by atoms with Crippen molar-refractivity contribution in [3.05, 3.63) is 72.8 Å². The summed E-state index contributed by atoms with van der Waals surface area (Å²) in [5.74, 6) is 0. The molecular formula is C21H23N3. The van der Waals surface area contributed by atoms with Crippen molar-refractivity contribution in [2.75, 3.05) is 13.1 Å². The van der Waals surface area contributed by atoms with Crippen LogP contribution in [0.15, 0.2) is 67.3 Å². The molecule has 0 amide bonds. The Morgan fingerprint density at radius 3 is 2.08 bits per heavy atom. The fraction of sp³-hybridized carbons (Fsp3) is 0.286. The Bertz CT molecular complexity index is 767. The normalized spacial score (nSPS) is 16.4. The third-order valence-electron chi connectivity index (χ3n) is 5.08. The van der Waals surface area contributed by atoms with Crippen molar-refractivity contribution in [1.29, 1.82) is 0 Å². The molecule has 0 bridgehead atoms. The Morgan fingerprint density at radius 1 is 0.875 bits per heavy atom. The van der Waals surface area contributed by atoms with E-state index in [1.165, 1.54) is 42.6 Å². The molecule has 0 radical (unpaired) electrons. The maximum absolute atomic E-state index is 4.10. The van der Waals surface area contributed by atoms with E-state index >= 15 is 0 Å². The molecule has 0 saturated carbocycles. The largest absolute Gasteiger partial charge is 0.306 e. The van der Waals surface area contributed by atoms with Gasteiger partial charge in [-0.05, 0) is 61.7 Å². The lowest BCUT2D eigenvalue weighted by Crippen LogP contribution is -2.23. The Labute approximate surface area is 143 Å². The Morgan fingerprint density at radius 2 is 1.50 bits per heavy atom. The first-order chi connectivity index (χ1) is 11.8. The van der Waals surface area contributed by atoms with Crippen molar-refractivity contribution in [3.8, 4) is 16.8 Å². The number of rotatable bonds is 4. The van der Waals surface area contributed by atoms with Crippen LogP contribution in [0.1, 0.15) is 31.4 Å². The van der Waals surface area contributed by atoms with Crippen LogP contribution in [-0.2, 0) is 0 Å². The summed E-state index contributed by atoms with van der Waals surface area (Å²) in [4.78, 5) is 6.68. The van der Waals surface area contributed by atoms with E-state index < -0.39 is 0 Å². The summed E-state index contributed by atoms with van der Waals surface area (Å²) in [5.41, 5.74) is 5.06. The highest BCUT2D eigenvalue weighted by molar-refractivity contribution is 5.65. The summed E-state index contributed by atoms with van der Waals surface area (Å²) >= 11 is 0. The molecule has 122 valence electrons. The highest BCUT2D eigenvalue weighted by Crippen LogP contribution is 2.27. The van der Waals surface area contributed by atoms with Gasteiger partial charge in [0.2, 0.25) is 0 Å². The second kappa shape index (κ2) is 6.62. The molecule has 1 aliphatic rings. The SMILES string of the molecule is CC(c1ccc(-c2ccc(-n3ccnc3)cc2)cc1)N1CCCC1. The summed E-state index contributed by atoms with van der Waals surface area (Å²) in [5, 5.41) is 0. The van der Waals surface area contributed by atoms with Crippen molar-refractivity contribution in [1.82, 2.24) is 14.5 Å². The molecule has 4 rings (SSSR count). The molecule has 2 aromatic carbocycles. The molecule has 0 aliphatic carbocycles. The second-order valence-corrected chi connectivity index (χ2v) is 6.56. The zero-order valence-electron chi connectivity index (χ0n) is 14.1. The zero-order valence-corrected chi connectivity index (χ0v) is 14.1. The molecule has 1 saturated heterocycles. The molecule has 24 heavy (non-hydrogen) atoms. The lowest BCUT2D eigenvalue weighted by atomic mass is 10.0. The first kappa shape index (κ1) is 15.2. The minimum absolute atomic E-state index is 0.519. The molecule has 1 aromatic heterocycles. The molecule has 1 aliphatic heterocycles. The molecule has 0 N–H and O–H groups in total. The monoisotopic (exact) mass is 317 g/mol. The van der Waals surface area contributed by atoms with Crippen molar-refractivity contribution >= 4 is 0 Å². The smallest absolute Gasteiger partial charge is 0.0991 e. The lowest BCUT2D eigenvalue weighted by molar-refractivity contribution is 0.263. The molecule has 2 heterocycles. The zero-order chi connectivity index (χ0) is 16.4. The van der Waals surface area contributed by atoms with E-state index in [4.69, 9.17) is 0 Å². The molecule has 1 unspecified atom stereocenters. The van der Waals surface area contributed by atoms with Crippen LogP contribution in [-0.4, -0.2) is 27.5 Å². The summed E-state index contributed by atoms with van der Waals surface area (Å²) < 4.78 is 2.02. The second-order valence-electron chi connectivity index (χ2n) is 6.56. The average molecular weight is 317 g/mol. The molecule has 3 heteroatoms. The van der Waals surface area contributed by atoms with Gasteiger partial charge < -0.3 is 4.57 Å². The predicted octanol–water partition coefficient (Wildman–Crippen LogP) is 4.70. The van der Waals surface area contributed by atoms with Crippen molar-refractivity contribution in [2.24, 2.45) is 0 Å². The molecule has 3 aromatic rings. The third-order valence-corrected chi connectivity index (χ3v) is 5.08. The molecule has 1 atom stereocenters. The number of nitrogens with zero attached hydrogens (tertiary/aromatic N) is 3. The summed E-state index contributed by atoms with van der Waals surface area (Å²) in [6.45, 7) is 4.79. The number of imidazole rings is 1. The van der Waals surface area contributed by atoms with E-state index in [1.54, 1.807) is 6.20 Å². The quantitative estimate of drug-likeness (QED) is 0.695. The Hall–Kier alpha value is -2.39. The Kier molecular flexibility index (Phi) is 4.18. The predicted molar refractivity (Wildman–Crippen MR) is 98.2 cm³/mol.